The number of benzene rings is 2. The molecule has 0 aliphatic carbocycles. The summed E-state index contributed by atoms with van der Waals surface area (Å²) in [7, 11) is 0. The molecule has 0 spiro atoms. The van der Waals surface area contributed by atoms with Crippen LogP contribution in [-0.4, -0.2) is 17.0 Å². The van der Waals surface area contributed by atoms with Crippen molar-refractivity contribution in [1.82, 2.24) is 0 Å². The van der Waals surface area contributed by atoms with Crippen molar-refractivity contribution in [3.8, 4) is 0 Å². The molecule has 0 unspecified atom stereocenters. The van der Waals surface area contributed by atoms with Gasteiger partial charge in [0.25, 0.3) is 5.91 Å². The maximum Gasteiger partial charge on any atom is 0.416 e. The number of hydrogen-bond donors (Lipinski definition) is 2. The highest BCUT2D eigenvalue weighted by atomic mass is 35.5. The van der Waals surface area contributed by atoms with Gasteiger partial charge in [0.1, 0.15) is 0 Å². The molecule has 2 aromatic carbocycles. The number of hydrogen-bond acceptors (Lipinski definition) is 2. The minimum atomic E-state index is -5.08. The van der Waals surface area contributed by atoms with E-state index in [4.69, 9.17) is 16.7 Å². The van der Waals surface area contributed by atoms with E-state index < -0.39 is 47.5 Å². The zero-order valence-corrected chi connectivity index (χ0v) is 14.3. The SMILES string of the molecule is O=C(O)Cc1ccc(Cl)cc1C(=O)Nc1cc(C(F)(F)F)cc(C(F)(F)F)c1. The van der Waals surface area contributed by atoms with Gasteiger partial charge in [0.2, 0.25) is 0 Å². The van der Waals surface area contributed by atoms with Crippen LogP contribution in [0.1, 0.15) is 27.0 Å². The van der Waals surface area contributed by atoms with Crippen LogP contribution in [0.4, 0.5) is 32.0 Å². The van der Waals surface area contributed by atoms with Crippen LogP contribution in [-0.2, 0) is 23.6 Å². The van der Waals surface area contributed by atoms with E-state index in [9.17, 15) is 35.9 Å². The van der Waals surface area contributed by atoms with Crippen LogP contribution >= 0.6 is 11.6 Å². The fourth-order valence-corrected chi connectivity index (χ4v) is 2.47. The number of carbonyl (C=O) groups excluding carboxylic acids is 1. The number of carboxylic acids is 1. The van der Waals surface area contributed by atoms with Gasteiger partial charge in [-0.2, -0.15) is 26.3 Å². The topological polar surface area (TPSA) is 66.4 Å². The van der Waals surface area contributed by atoms with Gasteiger partial charge in [0, 0.05) is 16.3 Å². The Bertz CT molecular complexity index is 892. The van der Waals surface area contributed by atoms with Crippen molar-refractivity contribution in [3.05, 3.63) is 63.7 Å². The standard InChI is InChI=1S/C17H10ClF6NO3/c18-11-2-1-8(3-14(26)27)13(7-11)15(28)25-12-5-9(16(19,20)21)4-10(6-12)17(22,23)24/h1-2,4-7H,3H2,(H,25,28)(H,26,27). The Labute approximate surface area is 158 Å². The highest BCUT2D eigenvalue weighted by Crippen LogP contribution is 2.37. The van der Waals surface area contributed by atoms with Crippen molar-refractivity contribution in [3.63, 3.8) is 0 Å². The summed E-state index contributed by atoms with van der Waals surface area (Å²) in [6.45, 7) is 0. The number of halogens is 7. The number of alkyl halides is 6. The molecule has 2 rings (SSSR count). The molecule has 150 valence electrons. The molecule has 0 aliphatic rings. The third kappa shape index (κ3) is 5.38. The van der Waals surface area contributed by atoms with E-state index in [1.807, 2.05) is 5.32 Å². The molecule has 0 atom stereocenters. The number of amides is 1. The maximum atomic E-state index is 12.9. The van der Waals surface area contributed by atoms with E-state index in [0.29, 0.717) is 12.1 Å². The van der Waals surface area contributed by atoms with Crippen LogP contribution < -0.4 is 5.32 Å². The Morgan fingerprint density at radius 3 is 1.93 bits per heavy atom. The quantitative estimate of drug-likeness (QED) is 0.657. The second-order valence-electron chi connectivity index (χ2n) is 5.62. The molecule has 2 N–H and O–H groups in total. The molecule has 11 heteroatoms. The van der Waals surface area contributed by atoms with Gasteiger partial charge >= 0.3 is 18.3 Å². The minimum absolute atomic E-state index is 0.0163. The maximum absolute atomic E-state index is 12.9. The van der Waals surface area contributed by atoms with Crippen molar-refractivity contribution in [2.45, 2.75) is 18.8 Å². The molecule has 1 amide bonds. The molecular formula is C17H10ClF6NO3. The number of carbonyl (C=O) groups is 2. The van der Waals surface area contributed by atoms with Crippen molar-refractivity contribution >= 4 is 29.2 Å². The van der Waals surface area contributed by atoms with Gasteiger partial charge in [-0.25, -0.2) is 0 Å². The molecule has 0 radical (unpaired) electrons. The summed E-state index contributed by atoms with van der Waals surface area (Å²) in [6, 6.07) is 4.18. The summed E-state index contributed by atoms with van der Waals surface area (Å²) in [6.07, 6.45) is -10.8. The molecule has 0 saturated carbocycles. The number of anilines is 1. The lowest BCUT2D eigenvalue weighted by Gasteiger charge is -2.15. The second kappa shape index (κ2) is 7.70. The zero-order chi connectivity index (χ0) is 21.3. The average Bonchev–Trinajstić information content (AvgIpc) is 2.54. The van der Waals surface area contributed by atoms with Gasteiger partial charge in [-0.15, -0.1) is 0 Å². The summed E-state index contributed by atoms with van der Waals surface area (Å²) in [5.41, 5.74) is -4.27. The summed E-state index contributed by atoms with van der Waals surface area (Å²) >= 11 is 5.75. The van der Waals surface area contributed by atoms with Crippen molar-refractivity contribution < 1.29 is 41.0 Å². The van der Waals surface area contributed by atoms with Gasteiger partial charge in [-0.1, -0.05) is 17.7 Å². The number of nitrogens with one attached hydrogen (secondary N) is 1. The van der Waals surface area contributed by atoms with E-state index in [1.165, 1.54) is 12.1 Å². The first kappa shape index (κ1) is 21.5. The molecule has 0 heterocycles. The molecule has 0 aliphatic heterocycles. The van der Waals surface area contributed by atoms with Gasteiger partial charge in [0.05, 0.1) is 17.5 Å². The van der Waals surface area contributed by atoms with Gasteiger partial charge in [-0.05, 0) is 35.9 Å². The predicted octanol–water partition coefficient (Wildman–Crippen LogP) is 5.26. The first-order valence-electron chi connectivity index (χ1n) is 7.38. The molecule has 0 bridgehead atoms. The lowest BCUT2D eigenvalue weighted by molar-refractivity contribution is -0.143. The molecule has 0 saturated heterocycles. The van der Waals surface area contributed by atoms with E-state index in [0.717, 1.165) is 6.07 Å². The molecule has 28 heavy (non-hydrogen) atoms. The minimum Gasteiger partial charge on any atom is -0.481 e. The zero-order valence-electron chi connectivity index (χ0n) is 13.6. The highest BCUT2D eigenvalue weighted by molar-refractivity contribution is 6.31. The van der Waals surface area contributed by atoms with Crippen molar-refractivity contribution in [1.29, 1.82) is 0 Å². The Balaban J connectivity index is 2.47. The molecular weight excluding hydrogens is 416 g/mol. The van der Waals surface area contributed by atoms with Crippen LogP contribution in [0.15, 0.2) is 36.4 Å². The number of carboxylic acid groups (broad SMARTS) is 1. The smallest absolute Gasteiger partial charge is 0.416 e. The normalized spacial score (nSPS) is 12.0. The van der Waals surface area contributed by atoms with Gasteiger partial charge in [-0.3, -0.25) is 9.59 Å². The molecule has 2 aromatic rings. The van der Waals surface area contributed by atoms with E-state index >= 15 is 0 Å². The molecule has 0 fully saturated rings. The van der Waals surface area contributed by atoms with Crippen LogP contribution in [0.3, 0.4) is 0 Å². The van der Waals surface area contributed by atoms with Crippen molar-refractivity contribution in [2.75, 3.05) is 5.32 Å². The third-order valence-corrected chi connectivity index (χ3v) is 3.74. The van der Waals surface area contributed by atoms with Crippen LogP contribution in [0.5, 0.6) is 0 Å². The van der Waals surface area contributed by atoms with Crippen LogP contribution in [0.25, 0.3) is 0 Å². The Morgan fingerprint density at radius 1 is 0.929 bits per heavy atom. The Morgan fingerprint density at radius 2 is 1.46 bits per heavy atom. The Kier molecular flexibility index (Phi) is 5.93. The molecule has 4 nitrogen and oxygen atoms in total. The first-order chi connectivity index (χ1) is 12.8. The van der Waals surface area contributed by atoms with E-state index in [-0.39, 0.29) is 22.2 Å². The van der Waals surface area contributed by atoms with Gasteiger partial charge in [0.15, 0.2) is 0 Å². The average molecular weight is 426 g/mol. The van der Waals surface area contributed by atoms with Crippen LogP contribution in [0.2, 0.25) is 5.02 Å². The monoisotopic (exact) mass is 425 g/mol. The van der Waals surface area contributed by atoms with Gasteiger partial charge < -0.3 is 10.4 Å². The molecule has 0 aromatic heterocycles. The number of rotatable bonds is 4. The third-order valence-electron chi connectivity index (χ3n) is 3.50. The van der Waals surface area contributed by atoms with Crippen LogP contribution in [0, 0.1) is 0 Å². The van der Waals surface area contributed by atoms with E-state index in [2.05, 4.69) is 0 Å². The summed E-state index contributed by atoms with van der Waals surface area (Å²) < 4.78 is 77.4. The predicted molar refractivity (Wildman–Crippen MR) is 87.2 cm³/mol. The fourth-order valence-electron chi connectivity index (χ4n) is 2.30. The lowest BCUT2D eigenvalue weighted by atomic mass is 10.0. The second-order valence-corrected chi connectivity index (χ2v) is 6.06. The van der Waals surface area contributed by atoms with E-state index in [1.54, 1.807) is 0 Å². The lowest BCUT2D eigenvalue weighted by Crippen LogP contribution is -2.18. The summed E-state index contributed by atoms with van der Waals surface area (Å²) in [5, 5.41) is 10.8. The Hall–Kier alpha value is -2.75. The summed E-state index contributed by atoms with van der Waals surface area (Å²) in [4.78, 5) is 23.2. The highest BCUT2D eigenvalue weighted by Gasteiger charge is 2.37. The first-order valence-corrected chi connectivity index (χ1v) is 7.76. The fraction of sp³-hybridized carbons (Fsp3) is 0.176. The van der Waals surface area contributed by atoms with Crippen molar-refractivity contribution in [2.24, 2.45) is 0 Å². The summed E-state index contributed by atoms with van der Waals surface area (Å²) in [5.74, 6) is -2.40. The largest absolute Gasteiger partial charge is 0.481 e. The number of aliphatic carboxylic acids is 1.